The first-order valence-electron chi connectivity index (χ1n) is 10.3. The number of nitro groups is 1. The lowest BCUT2D eigenvalue weighted by atomic mass is 10.1. The fraction of sp³-hybridized carbons (Fsp3) is 0.333. The van der Waals surface area contributed by atoms with Gasteiger partial charge in [0.15, 0.2) is 6.79 Å². The number of anilines is 1. The zero-order chi connectivity index (χ0) is 27.0. The van der Waals surface area contributed by atoms with Crippen LogP contribution in [0.5, 0.6) is 5.75 Å². The Labute approximate surface area is 216 Å². The van der Waals surface area contributed by atoms with Gasteiger partial charge in [-0.15, -0.1) is 0 Å². The van der Waals surface area contributed by atoms with Crippen LogP contribution in [0, 0.1) is 10.1 Å². The van der Waals surface area contributed by atoms with Crippen LogP contribution in [0.2, 0.25) is 10.0 Å². The molecule has 0 heterocycles. The van der Waals surface area contributed by atoms with Gasteiger partial charge in [-0.2, -0.15) is 0 Å². The largest absolute Gasteiger partial charge is 0.466 e. The lowest BCUT2D eigenvalue weighted by molar-refractivity contribution is -0.384. The number of hydrogen-bond acceptors (Lipinski definition) is 9. The van der Waals surface area contributed by atoms with Gasteiger partial charge in [0.25, 0.3) is 11.6 Å². The number of rotatable bonds is 12. The van der Waals surface area contributed by atoms with Crippen LogP contribution in [0.1, 0.15) is 31.1 Å². The molecule has 2 aromatic rings. The molecule has 2 N–H and O–H groups in total. The maximum Gasteiger partial charge on any atom is 0.408 e. The zero-order valence-electron chi connectivity index (χ0n) is 19.7. The van der Waals surface area contributed by atoms with Crippen LogP contribution in [-0.2, 0) is 23.1 Å². The minimum atomic E-state index is -3.99. The van der Waals surface area contributed by atoms with E-state index in [4.69, 9.17) is 41.7 Å². The topological polar surface area (TPSA) is 155 Å². The number of hydrogen-bond donors (Lipinski definition) is 2. The van der Waals surface area contributed by atoms with Gasteiger partial charge in [-0.05, 0) is 45.0 Å². The van der Waals surface area contributed by atoms with E-state index < -0.39 is 37.4 Å². The van der Waals surface area contributed by atoms with Crippen molar-refractivity contribution in [3.8, 4) is 5.75 Å². The van der Waals surface area contributed by atoms with Gasteiger partial charge in [0, 0.05) is 24.3 Å². The first-order valence-corrected chi connectivity index (χ1v) is 12.6. The van der Waals surface area contributed by atoms with Gasteiger partial charge in [0.05, 0.1) is 27.3 Å². The fourth-order valence-corrected chi connectivity index (χ4v) is 4.09. The normalized spacial score (nSPS) is 13.5. The fourth-order valence-electron chi connectivity index (χ4n) is 2.64. The second kappa shape index (κ2) is 13.0. The highest BCUT2D eigenvalue weighted by Gasteiger charge is 2.30. The van der Waals surface area contributed by atoms with Crippen LogP contribution in [0.4, 0.5) is 11.4 Å². The molecule has 196 valence electrons. The van der Waals surface area contributed by atoms with Gasteiger partial charge in [-0.1, -0.05) is 23.2 Å². The Kier molecular flexibility index (Phi) is 10.7. The molecule has 0 bridgehead atoms. The Hall–Kier alpha value is -2.73. The summed E-state index contributed by atoms with van der Waals surface area (Å²) in [6, 6.07) is 6.67. The van der Waals surface area contributed by atoms with E-state index in [0.717, 1.165) is 13.2 Å². The van der Waals surface area contributed by atoms with E-state index in [0.29, 0.717) is 0 Å². The smallest absolute Gasteiger partial charge is 0.408 e. The molecule has 2 rings (SSSR count). The first kappa shape index (κ1) is 29.5. The molecule has 0 saturated heterocycles. The molecule has 12 nitrogen and oxygen atoms in total. The Morgan fingerprint density at radius 2 is 1.83 bits per heavy atom. The third kappa shape index (κ3) is 8.44. The van der Waals surface area contributed by atoms with Gasteiger partial charge in [0.1, 0.15) is 11.8 Å². The van der Waals surface area contributed by atoms with Crippen LogP contribution in [0.15, 0.2) is 36.4 Å². The highest BCUT2D eigenvalue weighted by Crippen LogP contribution is 2.43. The number of nitrogens with zero attached hydrogens (tertiary/aromatic N) is 1. The number of carbonyl (C=O) groups is 2. The Morgan fingerprint density at radius 1 is 1.14 bits per heavy atom. The van der Waals surface area contributed by atoms with E-state index in [2.05, 4.69) is 10.4 Å². The van der Waals surface area contributed by atoms with Gasteiger partial charge in [-0.25, -0.2) is 9.65 Å². The Balaban J connectivity index is 2.11. The molecule has 36 heavy (non-hydrogen) atoms. The van der Waals surface area contributed by atoms with Crippen LogP contribution in [-0.4, -0.2) is 42.8 Å². The summed E-state index contributed by atoms with van der Waals surface area (Å²) < 4.78 is 33.4. The zero-order valence-corrected chi connectivity index (χ0v) is 22.1. The van der Waals surface area contributed by atoms with E-state index in [1.807, 2.05) is 0 Å². The van der Waals surface area contributed by atoms with E-state index in [-0.39, 0.29) is 38.8 Å². The summed E-state index contributed by atoms with van der Waals surface area (Å²) in [5.41, 5.74) is -0.163. The maximum atomic E-state index is 12.9. The SMILES string of the molecule is COP(=O)(N[C@@H](C)C(=O)OC(C)C)OCOc1ccc(Cl)cc1C(=O)Nc1ccc([N+](=O)[O-])cc1Cl. The highest BCUT2D eigenvalue weighted by atomic mass is 35.5. The van der Waals surface area contributed by atoms with Crippen molar-refractivity contribution in [2.75, 3.05) is 19.2 Å². The summed E-state index contributed by atoms with van der Waals surface area (Å²) in [6.07, 6.45) is -0.372. The molecule has 1 unspecified atom stereocenters. The second-order valence-corrected chi connectivity index (χ2v) is 10.1. The summed E-state index contributed by atoms with van der Waals surface area (Å²) in [4.78, 5) is 35.1. The van der Waals surface area contributed by atoms with Crippen molar-refractivity contribution >= 4 is 54.2 Å². The third-order valence-electron chi connectivity index (χ3n) is 4.33. The summed E-state index contributed by atoms with van der Waals surface area (Å²) in [7, 11) is -2.87. The van der Waals surface area contributed by atoms with E-state index in [1.54, 1.807) is 13.8 Å². The van der Waals surface area contributed by atoms with Crippen LogP contribution >= 0.6 is 30.9 Å². The van der Waals surface area contributed by atoms with Gasteiger partial charge in [0.2, 0.25) is 0 Å². The summed E-state index contributed by atoms with van der Waals surface area (Å²) in [5.74, 6) is -1.35. The summed E-state index contributed by atoms with van der Waals surface area (Å²) in [6.45, 7) is 4.12. The van der Waals surface area contributed by atoms with Crippen molar-refractivity contribution in [2.45, 2.75) is 32.9 Å². The molecule has 0 aliphatic heterocycles. The van der Waals surface area contributed by atoms with Gasteiger partial charge >= 0.3 is 13.7 Å². The van der Waals surface area contributed by atoms with Crippen molar-refractivity contribution in [1.29, 1.82) is 0 Å². The average Bonchev–Trinajstić information content (AvgIpc) is 2.80. The molecule has 0 radical (unpaired) electrons. The highest BCUT2D eigenvalue weighted by molar-refractivity contribution is 7.51. The second-order valence-electron chi connectivity index (χ2n) is 7.42. The van der Waals surface area contributed by atoms with E-state index in [9.17, 15) is 24.3 Å². The molecular formula is C21H24Cl2N3O9P. The number of carbonyl (C=O) groups excluding carboxylic acids is 2. The van der Waals surface area contributed by atoms with Gasteiger partial charge < -0.3 is 19.3 Å². The number of non-ortho nitro benzene ring substituents is 1. The van der Waals surface area contributed by atoms with Gasteiger partial charge in [-0.3, -0.25) is 24.2 Å². The summed E-state index contributed by atoms with van der Waals surface area (Å²) >= 11 is 12.1. The molecular weight excluding hydrogens is 540 g/mol. The first-order chi connectivity index (χ1) is 16.8. The number of ether oxygens (including phenoxy) is 2. The molecule has 15 heteroatoms. The summed E-state index contributed by atoms with van der Waals surface area (Å²) in [5, 5.41) is 16.0. The molecule has 0 aliphatic carbocycles. The Morgan fingerprint density at radius 3 is 2.42 bits per heavy atom. The van der Waals surface area contributed by atoms with Crippen molar-refractivity contribution < 1.29 is 37.6 Å². The lowest BCUT2D eigenvalue weighted by Crippen LogP contribution is -2.35. The molecule has 0 fully saturated rings. The molecule has 2 atom stereocenters. The number of amides is 1. The number of nitro benzene ring substituents is 1. The van der Waals surface area contributed by atoms with Crippen molar-refractivity contribution in [3.05, 3.63) is 62.1 Å². The van der Waals surface area contributed by atoms with Crippen LogP contribution < -0.4 is 15.1 Å². The molecule has 0 aliphatic rings. The lowest BCUT2D eigenvalue weighted by Gasteiger charge is -2.22. The predicted molar refractivity (Wildman–Crippen MR) is 133 cm³/mol. The van der Waals surface area contributed by atoms with Crippen molar-refractivity contribution in [3.63, 3.8) is 0 Å². The van der Waals surface area contributed by atoms with Crippen LogP contribution in [0.3, 0.4) is 0 Å². The number of esters is 1. The molecule has 1 amide bonds. The monoisotopic (exact) mass is 563 g/mol. The average molecular weight is 564 g/mol. The van der Waals surface area contributed by atoms with Crippen LogP contribution in [0.25, 0.3) is 0 Å². The minimum absolute atomic E-state index is 0.00449. The maximum absolute atomic E-state index is 12.9. The van der Waals surface area contributed by atoms with E-state index >= 15 is 0 Å². The van der Waals surface area contributed by atoms with Crippen molar-refractivity contribution in [1.82, 2.24) is 5.09 Å². The number of halogens is 2. The Bertz CT molecular complexity index is 1180. The standard InChI is InChI=1S/C21H24Cl2N3O9P/c1-12(2)35-21(28)13(3)25-36(31,32-4)34-11-33-19-8-5-14(22)9-16(19)20(27)24-18-7-6-15(26(29)30)10-17(18)23/h5-10,12-13H,11H2,1-4H3,(H,24,27)(H,25,31)/t13-,36?/m0/s1. The molecule has 0 saturated carbocycles. The molecule has 0 aromatic heterocycles. The molecule has 0 spiro atoms. The number of nitrogens with one attached hydrogen (secondary N) is 2. The molecule has 2 aromatic carbocycles. The van der Waals surface area contributed by atoms with E-state index in [1.165, 1.54) is 37.3 Å². The number of benzene rings is 2. The van der Waals surface area contributed by atoms with Crippen molar-refractivity contribution in [2.24, 2.45) is 0 Å². The minimum Gasteiger partial charge on any atom is -0.466 e. The third-order valence-corrected chi connectivity index (χ3v) is 6.51. The quantitative estimate of drug-likeness (QED) is 0.116. The predicted octanol–water partition coefficient (Wildman–Crippen LogP) is 5.19.